The van der Waals surface area contributed by atoms with Crippen LogP contribution in [-0.4, -0.2) is 30.1 Å². The number of hydrogen-bond donors (Lipinski definition) is 1. The molecule has 0 spiro atoms. The smallest absolute Gasteiger partial charge is 0.278 e. The summed E-state index contributed by atoms with van der Waals surface area (Å²) in [6.45, 7) is 4.51. The first-order valence-corrected chi connectivity index (χ1v) is 8.87. The van der Waals surface area contributed by atoms with Gasteiger partial charge in [-0.15, -0.1) is 0 Å². The van der Waals surface area contributed by atoms with E-state index in [1.807, 2.05) is 44.2 Å². The van der Waals surface area contributed by atoms with Gasteiger partial charge in [0, 0.05) is 18.3 Å². The van der Waals surface area contributed by atoms with Gasteiger partial charge in [-0.1, -0.05) is 44.2 Å². The molecule has 0 atom stereocenters. The van der Waals surface area contributed by atoms with Crippen LogP contribution in [-0.2, 0) is 9.59 Å². The second-order valence-corrected chi connectivity index (χ2v) is 6.92. The summed E-state index contributed by atoms with van der Waals surface area (Å²) in [6.07, 6.45) is 0. The van der Waals surface area contributed by atoms with Gasteiger partial charge in [-0.05, 0) is 23.6 Å². The fraction of sp³-hybridized carbons (Fsp3) is 0.238. The monoisotopic (exact) mass is 364 g/mol. The lowest BCUT2D eigenvalue weighted by Gasteiger charge is -2.17. The highest BCUT2D eigenvalue weighted by atomic mass is 16.7. The molecule has 0 saturated heterocycles. The van der Waals surface area contributed by atoms with Crippen LogP contribution in [0.3, 0.4) is 0 Å². The minimum Gasteiger partial charge on any atom is -0.454 e. The van der Waals surface area contributed by atoms with Gasteiger partial charge in [0.15, 0.2) is 11.5 Å². The van der Waals surface area contributed by atoms with E-state index >= 15 is 0 Å². The molecule has 0 saturated carbocycles. The van der Waals surface area contributed by atoms with E-state index in [0.29, 0.717) is 34.9 Å². The maximum atomic E-state index is 13.0. The van der Waals surface area contributed by atoms with Crippen molar-refractivity contribution < 1.29 is 19.1 Å². The third-order valence-electron chi connectivity index (χ3n) is 4.42. The lowest BCUT2D eigenvalue weighted by molar-refractivity contribution is -0.137. The zero-order chi connectivity index (χ0) is 19.0. The van der Waals surface area contributed by atoms with E-state index in [9.17, 15) is 9.59 Å². The van der Waals surface area contributed by atoms with Crippen molar-refractivity contribution in [3.63, 3.8) is 0 Å². The van der Waals surface area contributed by atoms with Gasteiger partial charge >= 0.3 is 0 Å². The minimum atomic E-state index is -0.315. The lowest BCUT2D eigenvalue weighted by atomic mass is 10.0. The number of nitrogens with one attached hydrogen (secondary N) is 1. The number of carbonyl (C=O) groups excluding carboxylic acids is 2. The van der Waals surface area contributed by atoms with Crippen molar-refractivity contribution >= 4 is 23.1 Å². The zero-order valence-corrected chi connectivity index (χ0v) is 15.2. The van der Waals surface area contributed by atoms with E-state index < -0.39 is 0 Å². The Balaban J connectivity index is 1.74. The average Bonchev–Trinajstić information content (AvgIpc) is 3.21. The molecular formula is C21H20N2O4. The van der Waals surface area contributed by atoms with Gasteiger partial charge in [0.2, 0.25) is 6.79 Å². The molecule has 2 aromatic rings. The Labute approximate surface area is 157 Å². The maximum Gasteiger partial charge on any atom is 0.278 e. The molecule has 0 radical (unpaired) electrons. The lowest BCUT2D eigenvalue weighted by Crippen LogP contribution is -2.35. The number of fused-ring (bicyclic) bond motifs is 1. The molecule has 138 valence electrons. The summed E-state index contributed by atoms with van der Waals surface area (Å²) >= 11 is 0. The first kappa shape index (κ1) is 17.1. The molecule has 2 aliphatic rings. The molecule has 0 aromatic heterocycles. The van der Waals surface area contributed by atoms with Gasteiger partial charge in [0.1, 0.15) is 5.70 Å². The third-order valence-corrected chi connectivity index (χ3v) is 4.42. The summed E-state index contributed by atoms with van der Waals surface area (Å²) in [5, 5.41) is 3.13. The minimum absolute atomic E-state index is 0.177. The Morgan fingerprint density at radius 3 is 2.48 bits per heavy atom. The van der Waals surface area contributed by atoms with E-state index in [1.54, 1.807) is 18.2 Å². The third kappa shape index (κ3) is 3.14. The number of ether oxygens (including phenoxy) is 2. The second kappa shape index (κ2) is 6.79. The average molecular weight is 364 g/mol. The topological polar surface area (TPSA) is 67.9 Å². The Morgan fingerprint density at radius 1 is 1.00 bits per heavy atom. The number of imide groups is 1. The summed E-state index contributed by atoms with van der Waals surface area (Å²) in [5.41, 5.74) is 2.05. The van der Waals surface area contributed by atoms with Crippen LogP contribution < -0.4 is 14.8 Å². The molecular weight excluding hydrogens is 344 g/mol. The normalized spacial score (nSPS) is 15.9. The van der Waals surface area contributed by atoms with Crippen LogP contribution in [0.1, 0.15) is 19.4 Å². The number of rotatable bonds is 5. The first-order valence-electron chi connectivity index (χ1n) is 8.87. The molecule has 4 rings (SSSR count). The van der Waals surface area contributed by atoms with Crippen molar-refractivity contribution in [1.29, 1.82) is 0 Å². The molecule has 0 bridgehead atoms. The van der Waals surface area contributed by atoms with Crippen LogP contribution in [0.25, 0.3) is 5.57 Å². The summed E-state index contributed by atoms with van der Waals surface area (Å²) in [4.78, 5) is 27.3. The Kier molecular flexibility index (Phi) is 4.32. The Hall–Kier alpha value is -3.28. The van der Waals surface area contributed by atoms with Crippen LogP contribution in [0.4, 0.5) is 5.69 Å². The number of benzene rings is 2. The number of nitrogens with zero attached hydrogens (tertiary/aromatic N) is 1. The van der Waals surface area contributed by atoms with Crippen molar-refractivity contribution in [2.45, 2.75) is 13.8 Å². The number of hydrogen-bond acceptors (Lipinski definition) is 5. The van der Waals surface area contributed by atoms with Gasteiger partial charge < -0.3 is 14.8 Å². The van der Waals surface area contributed by atoms with E-state index in [4.69, 9.17) is 9.47 Å². The zero-order valence-electron chi connectivity index (χ0n) is 15.2. The van der Waals surface area contributed by atoms with Crippen LogP contribution in [0.5, 0.6) is 11.5 Å². The van der Waals surface area contributed by atoms with E-state index in [0.717, 1.165) is 0 Å². The second-order valence-electron chi connectivity index (χ2n) is 6.92. The highest BCUT2D eigenvalue weighted by Crippen LogP contribution is 2.36. The standard InChI is InChI=1S/C21H20N2O4/c1-13(2)11-23-20(24)18(14-6-4-3-5-7-14)19(21(23)25)22-15-8-9-16-17(10-15)27-12-26-16/h3-10,13,22H,11-12H2,1-2H3. The quantitative estimate of drug-likeness (QED) is 0.825. The Morgan fingerprint density at radius 2 is 1.74 bits per heavy atom. The van der Waals surface area contributed by atoms with Crippen LogP contribution >= 0.6 is 0 Å². The van der Waals surface area contributed by atoms with E-state index in [-0.39, 0.29) is 30.2 Å². The van der Waals surface area contributed by atoms with Gasteiger partial charge in [0.05, 0.1) is 5.57 Å². The molecule has 2 aliphatic heterocycles. The summed E-state index contributed by atoms with van der Waals surface area (Å²) in [5.74, 6) is 0.860. The van der Waals surface area contributed by atoms with Crippen molar-refractivity contribution in [1.82, 2.24) is 4.90 Å². The van der Waals surface area contributed by atoms with E-state index in [2.05, 4.69) is 5.32 Å². The van der Waals surface area contributed by atoms with Gasteiger partial charge in [0.25, 0.3) is 11.8 Å². The summed E-state index contributed by atoms with van der Waals surface area (Å²) in [7, 11) is 0. The van der Waals surface area contributed by atoms with Gasteiger partial charge in [-0.3, -0.25) is 14.5 Å². The molecule has 0 unspecified atom stereocenters. The molecule has 2 heterocycles. The SMILES string of the molecule is CC(C)CN1C(=O)C(Nc2ccc3c(c2)OCO3)=C(c2ccccc2)C1=O. The first-order chi connectivity index (χ1) is 13.0. The van der Waals surface area contributed by atoms with E-state index in [1.165, 1.54) is 4.90 Å². The fourth-order valence-electron chi connectivity index (χ4n) is 3.21. The van der Waals surface area contributed by atoms with Gasteiger partial charge in [-0.25, -0.2) is 0 Å². The molecule has 6 nitrogen and oxygen atoms in total. The largest absolute Gasteiger partial charge is 0.454 e. The Bertz CT molecular complexity index is 934. The van der Waals surface area contributed by atoms with Crippen molar-refractivity contribution in [3.8, 4) is 11.5 Å². The molecule has 0 fully saturated rings. The maximum absolute atomic E-state index is 13.0. The summed E-state index contributed by atoms with van der Waals surface area (Å²) in [6, 6.07) is 14.6. The van der Waals surface area contributed by atoms with Crippen molar-refractivity contribution in [3.05, 3.63) is 59.8 Å². The van der Waals surface area contributed by atoms with Crippen molar-refractivity contribution in [2.24, 2.45) is 5.92 Å². The van der Waals surface area contributed by atoms with Crippen LogP contribution in [0.2, 0.25) is 0 Å². The predicted molar refractivity (Wildman–Crippen MR) is 101 cm³/mol. The molecule has 6 heteroatoms. The molecule has 27 heavy (non-hydrogen) atoms. The van der Waals surface area contributed by atoms with Crippen LogP contribution in [0.15, 0.2) is 54.2 Å². The molecule has 0 aliphatic carbocycles. The number of anilines is 1. The van der Waals surface area contributed by atoms with Gasteiger partial charge in [-0.2, -0.15) is 0 Å². The highest BCUT2D eigenvalue weighted by molar-refractivity contribution is 6.36. The highest BCUT2D eigenvalue weighted by Gasteiger charge is 2.39. The number of amides is 2. The predicted octanol–water partition coefficient (Wildman–Crippen LogP) is 3.26. The fourth-order valence-corrected chi connectivity index (χ4v) is 3.21. The molecule has 2 aromatic carbocycles. The molecule has 1 N–H and O–H groups in total. The number of carbonyl (C=O) groups is 2. The molecule has 2 amide bonds. The summed E-state index contributed by atoms with van der Waals surface area (Å²) < 4.78 is 10.7. The van der Waals surface area contributed by atoms with Crippen LogP contribution in [0, 0.1) is 5.92 Å². The van der Waals surface area contributed by atoms with Crippen molar-refractivity contribution in [2.75, 3.05) is 18.7 Å².